The Morgan fingerprint density at radius 3 is 0.653 bits per heavy atom. The topological polar surface area (TPSA) is 231 Å². The second kappa shape index (κ2) is 93.8. The van der Waals surface area contributed by atoms with Crippen LogP contribution in [0.1, 0.15) is 393 Å². The van der Waals surface area contributed by atoms with Gasteiger partial charge in [0, 0.05) is 19.3 Å². The molecule has 0 aliphatic rings. The van der Waals surface area contributed by atoms with Crippen LogP contribution in [0.3, 0.4) is 0 Å². The maximum atomic E-state index is 13.1. The van der Waals surface area contributed by atoms with Crippen LogP contribution in [0.25, 0.3) is 0 Å². The highest BCUT2D eigenvalue weighted by Gasteiger charge is 2.30. The number of hydrogen-bond donors (Lipinski definition) is 4. The van der Waals surface area contributed by atoms with Gasteiger partial charge in [0.25, 0.3) is 0 Å². The van der Waals surface area contributed by atoms with Crippen LogP contribution in [-0.2, 0) is 55.8 Å². The molecule has 0 fully saturated rings. The first-order valence-corrected chi connectivity index (χ1v) is 51.1. The zero-order valence-corrected chi connectivity index (χ0v) is 78.2. The number of ether oxygens (including phenoxy) is 3. The summed E-state index contributed by atoms with van der Waals surface area (Å²) in [5, 5.41) is 20.8. The van der Waals surface area contributed by atoms with Crippen molar-refractivity contribution >= 4 is 33.6 Å². The third-order valence-electron chi connectivity index (χ3n) is 20.1. The number of aliphatic hydroxyl groups is 2. The van der Waals surface area contributed by atoms with Gasteiger partial charge in [-0.2, -0.15) is 0 Å². The number of phosphoric ester groups is 2. The van der Waals surface area contributed by atoms with Gasteiger partial charge in [-0.25, -0.2) is 9.13 Å². The zero-order valence-electron chi connectivity index (χ0n) is 76.4. The van der Waals surface area contributed by atoms with E-state index in [1.807, 2.05) is 0 Å². The number of carbonyl (C=O) groups is 3. The summed E-state index contributed by atoms with van der Waals surface area (Å²) in [5.41, 5.74) is 0. The molecule has 0 aliphatic carbocycles. The van der Waals surface area contributed by atoms with Crippen LogP contribution in [0, 0.1) is 0 Å². The molecule has 0 spiro atoms. The van der Waals surface area contributed by atoms with E-state index in [2.05, 4.69) is 203 Å². The molecule has 0 bridgehead atoms. The second-order valence-electron chi connectivity index (χ2n) is 31.7. The molecule has 16 nitrogen and oxygen atoms in total. The van der Waals surface area contributed by atoms with Crippen molar-refractivity contribution in [3.8, 4) is 0 Å². The first-order chi connectivity index (χ1) is 59.2. The van der Waals surface area contributed by atoms with E-state index in [1.165, 1.54) is 154 Å². The van der Waals surface area contributed by atoms with Crippen LogP contribution < -0.4 is 0 Å². The van der Waals surface area contributed by atoms with Gasteiger partial charge in [0.1, 0.15) is 25.4 Å². The fourth-order valence-corrected chi connectivity index (χ4v) is 14.5. The average Bonchev–Trinajstić information content (AvgIpc) is 0.895. The van der Waals surface area contributed by atoms with Crippen LogP contribution in [0.15, 0.2) is 182 Å². The van der Waals surface area contributed by atoms with E-state index in [0.717, 1.165) is 180 Å². The molecule has 0 aromatic heterocycles. The Kier molecular flexibility index (Phi) is 89.6. The first-order valence-electron chi connectivity index (χ1n) is 48.1. The van der Waals surface area contributed by atoms with Crippen molar-refractivity contribution in [3.05, 3.63) is 182 Å². The van der Waals surface area contributed by atoms with Crippen molar-refractivity contribution in [2.45, 2.75) is 411 Å². The van der Waals surface area contributed by atoms with Gasteiger partial charge in [0.05, 0.1) is 26.4 Å². The summed E-state index contributed by atoms with van der Waals surface area (Å²) < 4.78 is 61.5. The summed E-state index contributed by atoms with van der Waals surface area (Å²) in [6, 6.07) is 0. The van der Waals surface area contributed by atoms with Crippen molar-refractivity contribution in [2.75, 3.05) is 39.6 Å². The fraction of sp³-hybridized carbons (Fsp3) is 0.680. The number of carbonyl (C=O) groups excluding carboxylic acids is 3. The molecule has 18 heteroatoms. The van der Waals surface area contributed by atoms with Gasteiger partial charge in [-0.1, -0.05) is 402 Å². The minimum Gasteiger partial charge on any atom is -0.463 e. The molecule has 0 rings (SSSR count). The summed E-state index contributed by atoms with van der Waals surface area (Å²) in [5.74, 6) is -1.58. The molecule has 0 heterocycles. The molecule has 0 radical (unpaired) electrons. The third kappa shape index (κ3) is 95.2. The molecular formula is C103H174O16P2. The van der Waals surface area contributed by atoms with Crippen molar-refractivity contribution in [1.82, 2.24) is 0 Å². The van der Waals surface area contributed by atoms with Crippen LogP contribution in [0.2, 0.25) is 0 Å². The van der Waals surface area contributed by atoms with Gasteiger partial charge in [0.15, 0.2) is 6.10 Å². The Morgan fingerprint density at radius 2 is 0.413 bits per heavy atom. The van der Waals surface area contributed by atoms with Crippen LogP contribution in [-0.4, -0.2) is 95.9 Å². The van der Waals surface area contributed by atoms with Crippen LogP contribution >= 0.6 is 15.6 Å². The standard InChI is InChI=1S/C103H174O16P2/c1-4-7-10-13-16-19-22-25-28-31-34-36-38-40-42-44-46-48-50-52-54-56-58-60-63-65-68-71-74-77-80-83-86-89-101(106)113-92-98(104)93-115-120(109,110)116-94-99(105)95-117-121(111,112)118-97-100(119-103(108)91-88-85-82-79-76-73-70-67-62-33-30-27-24-21-18-15-12-9-6-3)96-114-102(107)90-87-84-81-78-75-72-69-66-64-61-59-57-55-53-51-49-47-45-43-41-39-37-35-32-29-26-23-20-17-14-11-8-5-2/h7-12,16-21,25-30,34-37,40-43,46,48,62,67,98-100,104-105H,4-6,13-15,22-24,31-33,38-39,44-45,47,49-61,63-66,68-97H2,1-3H3,(H,109,110)(H,111,112)/b10-7-,11-8-,12-9-,19-16-,20-17-,21-18-,28-25-,29-26-,30-27-,36-34-,37-35-,42-40-,43-41-,48-46-,67-62-. The number of unbranched alkanes of at least 4 members (excludes halogenated alkanes) is 37. The molecule has 692 valence electrons. The lowest BCUT2D eigenvalue weighted by Gasteiger charge is -2.21. The third-order valence-corrected chi connectivity index (χ3v) is 22.0. The first kappa shape index (κ1) is 116. The van der Waals surface area contributed by atoms with Crippen molar-refractivity contribution < 1.29 is 75.8 Å². The Morgan fingerprint density at radius 1 is 0.231 bits per heavy atom. The van der Waals surface area contributed by atoms with Crippen molar-refractivity contribution in [2.24, 2.45) is 0 Å². The quantitative estimate of drug-likeness (QED) is 0.0146. The highest BCUT2D eigenvalue weighted by molar-refractivity contribution is 7.47. The van der Waals surface area contributed by atoms with Crippen LogP contribution in [0.5, 0.6) is 0 Å². The molecule has 5 atom stereocenters. The lowest BCUT2D eigenvalue weighted by Crippen LogP contribution is -2.30. The van der Waals surface area contributed by atoms with Gasteiger partial charge in [-0.3, -0.25) is 32.5 Å². The molecule has 0 amide bonds. The van der Waals surface area contributed by atoms with Gasteiger partial charge in [-0.05, 0) is 154 Å². The molecular weight excluding hydrogens is 1560 g/mol. The molecule has 121 heavy (non-hydrogen) atoms. The highest BCUT2D eigenvalue weighted by Crippen LogP contribution is 2.45. The lowest BCUT2D eigenvalue weighted by molar-refractivity contribution is -0.161. The normalized spacial score (nSPS) is 14.5. The SMILES string of the molecule is CC/C=C\C/C=C\C/C=C\C/C=C\C/C=C\C/C=C\CCCCCCCCCCCCCCCCC(=O)OCC(O)COP(=O)(O)OCC(O)COP(=O)(O)OCC(COC(=O)CCCCCCCCCCCCCCCCCCC/C=C\C/C=C\C/C=C\C/C=C\C/C=C\CC)OC(=O)CCCCCCCC/C=C\C/C=C\C/C=C\C/C=C\CC. The molecule has 0 aliphatic heterocycles. The molecule has 0 aromatic rings. The Bertz CT molecular complexity index is 2930. The molecule has 5 unspecified atom stereocenters. The summed E-state index contributed by atoms with van der Waals surface area (Å²) in [6.45, 7) is 2.37. The molecule has 0 aromatic carbocycles. The number of allylic oxidation sites excluding steroid dienone is 30. The number of aliphatic hydroxyl groups excluding tert-OH is 2. The molecule has 4 N–H and O–H groups in total. The van der Waals surface area contributed by atoms with E-state index in [4.69, 9.17) is 32.3 Å². The van der Waals surface area contributed by atoms with Gasteiger partial charge in [0.2, 0.25) is 0 Å². The summed E-state index contributed by atoms with van der Waals surface area (Å²) >= 11 is 0. The van der Waals surface area contributed by atoms with E-state index in [0.29, 0.717) is 19.3 Å². The minimum absolute atomic E-state index is 0.0856. The van der Waals surface area contributed by atoms with E-state index in [1.54, 1.807) is 0 Å². The molecule has 0 saturated carbocycles. The van der Waals surface area contributed by atoms with Gasteiger partial charge >= 0.3 is 33.6 Å². The zero-order chi connectivity index (χ0) is 87.9. The fourth-order valence-electron chi connectivity index (χ4n) is 12.9. The van der Waals surface area contributed by atoms with E-state index >= 15 is 0 Å². The average molecular weight is 1730 g/mol. The number of phosphoric acid groups is 2. The second-order valence-corrected chi connectivity index (χ2v) is 34.6. The summed E-state index contributed by atoms with van der Waals surface area (Å²) in [6.07, 6.45) is 124. The van der Waals surface area contributed by atoms with Crippen molar-refractivity contribution in [3.63, 3.8) is 0 Å². The lowest BCUT2D eigenvalue weighted by atomic mass is 10.0. The van der Waals surface area contributed by atoms with Crippen molar-refractivity contribution in [1.29, 1.82) is 0 Å². The Hall–Kier alpha value is -5.35. The number of rotatable bonds is 90. The summed E-state index contributed by atoms with van der Waals surface area (Å²) in [4.78, 5) is 59.1. The smallest absolute Gasteiger partial charge is 0.463 e. The van der Waals surface area contributed by atoms with Gasteiger partial charge < -0.3 is 34.2 Å². The minimum atomic E-state index is -4.95. The largest absolute Gasteiger partial charge is 0.472 e. The maximum Gasteiger partial charge on any atom is 0.472 e. The predicted octanol–water partition coefficient (Wildman–Crippen LogP) is 30.0. The maximum absolute atomic E-state index is 13.1. The Balaban J connectivity index is 4.53. The highest BCUT2D eigenvalue weighted by atomic mass is 31.2. The van der Waals surface area contributed by atoms with E-state index in [-0.39, 0.29) is 19.3 Å². The summed E-state index contributed by atoms with van der Waals surface area (Å²) in [7, 11) is -9.82. The monoisotopic (exact) mass is 1730 g/mol. The van der Waals surface area contributed by atoms with E-state index in [9.17, 15) is 43.5 Å². The number of esters is 3. The van der Waals surface area contributed by atoms with E-state index < -0.39 is 91.5 Å². The van der Waals surface area contributed by atoms with Gasteiger partial charge in [-0.15, -0.1) is 0 Å². The predicted molar refractivity (Wildman–Crippen MR) is 509 cm³/mol. The van der Waals surface area contributed by atoms with Crippen LogP contribution in [0.4, 0.5) is 0 Å². The number of hydrogen-bond acceptors (Lipinski definition) is 14. The molecule has 0 saturated heterocycles. The Labute approximate surface area is 738 Å².